The Hall–Kier alpha value is -3.55. The van der Waals surface area contributed by atoms with Gasteiger partial charge in [0.05, 0.1) is 18.8 Å². The average molecular weight is 407 g/mol. The van der Waals surface area contributed by atoms with Crippen molar-refractivity contribution >= 4 is 16.9 Å². The normalized spacial score (nSPS) is 11.5. The zero-order valence-corrected chi connectivity index (χ0v) is 17.9. The van der Waals surface area contributed by atoms with E-state index in [1.54, 1.807) is 14.0 Å². The van der Waals surface area contributed by atoms with Crippen LogP contribution < -0.4 is 16.0 Å². The molecule has 1 aromatic carbocycles. The molecule has 0 spiro atoms. The summed E-state index contributed by atoms with van der Waals surface area (Å²) in [5.41, 5.74) is 3.31. The van der Waals surface area contributed by atoms with E-state index in [0.29, 0.717) is 23.5 Å². The highest BCUT2D eigenvalue weighted by molar-refractivity contribution is 5.77. The lowest BCUT2D eigenvalue weighted by Gasteiger charge is -2.12. The first kappa shape index (κ1) is 19.8. The Balaban J connectivity index is 2.17. The van der Waals surface area contributed by atoms with Crippen molar-refractivity contribution in [2.75, 3.05) is 6.61 Å². The van der Waals surface area contributed by atoms with Gasteiger partial charge in [-0.2, -0.15) is 4.98 Å². The lowest BCUT2D eigenvalue weighted by Crippen LogP contribution is -2.39. The summed E-state index contributed by atoms with van der Waals surface area (Å²) in [4.78, 5) is 30.8. The standard InChI is InChI=1S/C22H25N5O3/c1-7-30-17-11-9-8-10-16(17)26-14(4)15(5)27-18-19(23-21(26)27)24(6)22(29)25(20(18)28)12-13(2)3/h8-11H,2,7,12H2,1,3-6H3. The number of nitrogens with zero attached hydrogens (tertiary/aromatic N) is 5. The van der Waals surface area contributed by atoms with E-state index in [1.807, 2.05) is 54.0 Å². The summed E-state index contributed by atoms with van der Waals surface area (Å²) in [6.07, 6.45) is 0. The van der Waals surface area contributed by atoms with E-state index in [9.17, 15) is 9.59 Å². The number of allylic oxidation sites excluding steroid dienone is 1. The van der Waals surface area contributed by atoms with Gasteiger partial charge >= 0.3 is 5.69 Å². The van der Waals surface area contributed by atoms with Gasteiger partial charge in [0.15, 0.2) is 11.2 Å². The van der Waals surface area contributed by atoms with Crippen LogP contribution in [0.4, 0.5) is 0 Å². The Bertz CT molecular complexity index is 1430. The highest BCUT2D eigenvalue weighted by atomic mass is 16.5. The zero-order valence-electron chi connectivity index (χ0n) is 17.9. The van der Waals surface area contributed by atoms with Gasteiger partial charge in [-0.3, -0.25) is 22.9 Å². The molecule has 0 aliphatic carbocycles. The number of fused-ring (bicyclic) bond motifs is 3. The fourth-order valence-electron chi connectivity index (χ4n) is 3.87. The maximum Gasteiger partial charge on any atom is 0.332 e. The minimum atomic E-state index is -0.410. The zero-order chi connectivity index (χ0) is 21.7. The molecule has 0 bridgehead atoms. The molecule has 0 radical (unpaired) electrons. The summed E-state index contributed by atoms with van der Waals surface area (Å²) in [7, 11) is 1.63. The van der Waals surface area contributed by atoms with Crippen molar-refractivity contribution in [2.45, 2.75) is 34.2 Å². The van der Waals surface area contributed by atoms with Crippen LogP contribution in [0.1, 0.15) is 25.2 Å². The van der Waals surface area contributed by atoms with Crippen molar-refractivity contribution < 1.29 is 4.74 Å². The first-order valence-electron chi connectivity index (χ1n) is 9.84. The Labute approximate surface area is 173 Å². The summed E-state index contributed by atoms with van der Waals surface area (Å²) < 4.78 is 12.2. The molecule has 8 heteroatoms. The number of imidazole rings is 2. The molecule has 0 saturated carbocycles. The molecule has 4 rings (SSSR count). The SMILES string of the molecule is C=C(C)Cn1c(=O)c2c(nc3n(-c4ccccc4OCC)c(C)c(C)n23)n(C)c1=O. The molecule has 4 aromatic rings. The molecule has 0 N–H and O–H groups in total. The maximum absolute atomic E-state index is 13.3. The van der Waals surface area contributed by atoms with E-state index in [0.717, 1.165) is 28.4 Å². The van der Waals surface area contributed by atoms with Crippen LogP contribution in [0.2, 0.25) is 0 Å². The maximum atomic E-state index is 13.3. The molecule has 30 heavy (non-hydrogen) atoms. The number of aromatic nitrogens is 5. The van der Waals surface area contributed by atoms with Crippen molar-refractivity contribution in [3.05, 3.63) is 68.6 Å². The van der Waals surface area contributed by atoms with Gasteiger partial charge in [0.2, 0.25) is 5.78 Å². The fraction of sp³-hybridized carbons (Fsp3) is 0.318. The topological polar surface area (TPSA) is 75.5 Å². The number of hydrogen-bond donors (Lipinski definition) is 0. The van der Waals surface area contributed by atoms with Gasteiger partial charge in [-0.25, -0.2) is 4.79 Å². The van der Waals surface area contributed by atoms with Crippen LogP contribution in [0.15, 0.2) is 46.0 Å². The third-order valence-electron chi connectivity index (χ3n) is 5.35. The molecule has 3 heterocycles. The van der Waals surface area contributed by atoms with Gasteiger partial charge in [-0.1, -0.05) is 24.3 Å². The number of benzene rings is 1. The van der Waals surface area contributed by atoms with Gasteiger partial charge in [0.25, 0.3) is 5.56 Å². The molecule has 0 aliphatic rings. The summed E-state index contributed by atoms with van der Waals surface area (Å²) in [5, 5.41) is 0. The molecular formula is C22H25N5O3. The number of para-hydroxylation sites is 2. The molecule has 0 amide bonds. The molecule has 0 fully saturated rings. The predicted octanol–water partition coefficient (Wildman–Crippen LogP) is 2.73. The van der Waals surface area contributed by atoms with E-state index in [1.165, 1.54) is 9.13 Å². The number of aryl methyl sites for hydroxylation is 2. The highest BCUT2D eigenvalue weighted by Gasteiger charge is 2.24. The second-order valence-electron chi connectivity index (χ2n) is 7.52. The lowest BCUT2D eigenvalue weighted by atomic mass is 10.2. The van der Waals surface area contributed by atoms with Crippen molar-refractivity contribution in [1.82, 2.24) is 23.1 Å². The van der Waals surface area contributed by atoms with E-state index in [-0.39, 0.29) is 12.1 Å². The van der Waals surface area contributed by atoms with Crippen LogP contribution in [-0.2, 0) is 13.6 Å². The molecule has 0 atom stereocenters. The number of hydrogen-bond acceptors (Lipinski definition) is 4. The first-order chi connectivity index (χ1) is 14.3. The van der Waals surface area contributed by atoms with Crippen molar-refractivity contribution in [3.8, 4) is 11.4 Å². The molecular weight excluding hydrogens is 382 g/mol. The average Bonchev–Trinajstić information content (AvgIpc) is 3.20. The Morgan fingerprint density at radius 3 is 2.53 bits per heavy atom. The fourth-order valence-corrected chi connectivity index (χ4v) is 3.87. The first-order valence-corrected chi connectivity index (χ1v) is 9.84. The van der Waals surface area contributed by atoms with Crippen LogP contribution in [0.25, 0.3) is 22.6 Å². The number of rotatable bonds is 5. The van der Waals surface area contributed by atoms with E-state index in [4.69, 9.17) is 9.72 Å². The van der Waals surface area contributed by atoms with Crippen LogP contribution >= 0.6 is 0 Å². The van der Waals surface area contributed by atoms with Crippen LogP contribution in [0.3, 0.4) is 0 Å². The van der Waals surface area contributed by atoms with E-state index < -0.39 is 5.69 Å². The molecule has 0 aliphatic heterocycles. The molecule has 156 valence electrons. The Kier molecular flexibility index (Phi) is 4.64. The smallest absolute Gasteiger partial charge is 0.332 e. The van der Waals surface area contributed by atoms with E-state index >= 15 is 0 Å². The van der Waals surface area contributed by atoms with Crippen molar-refractivity contribution in [3.63, 3.8) is 0 Å². The minimum Gasteiger partial charge on any atom is -0.492 e. The predicted molar refractivity (Wildman–Crippen MR) is 117 cm³/mol. The van der Waals surface area contributed by atoms with Crippen LogP contribution in [0.5, 0.6) is 5.75 Å². The minimum absolute atomic E-state index is 0.167. The largest absolute Gasteiger partial charge is 0.492 e. The highest BCUT2D eigenvalue weighted by Crippen LogP contribution is 2.29. The van der Waals surface area contributed by atoms with Gasteiger partial charge in [-0.15, -0.1) is 0 Å². The Morgan fingerprint density at radius 1 is 1.17 bits per heavy atom. The third-order valence-corrected chi connectivity index (χ3v) is 5.35. The Morgan fingerprint density at radius 2 is 1.87 bits per heavy atom. The van der Waals surface area contributed by atoms with E-state index in [2.05, 4.69) is 6.58 Å². The molecule has 0 saturated heterocycles. The molecule has 0 unspecified atom stereocenters. The second-order valence-corrected chi connectivity index (χ2v) is 7.52. The monoisotopic (exact) mass is 407 g/mol. The van der Waals surface area contributed by atoms with Crippen LogP contribution in [-0.4, -0.2) is 29.7 Å². The summed E-state index contributed by atoms with van der Waals surface area (Å²) in [5.74, 6) is 1.29. The third kappa shape index (κ3) is 2.71. The summed E-state index contributed by atoms with van der Waals surface area (Å²) in [6.45, 7) is 12.2. The quantitative estimate of drug-likeness (QED) is 0.477. The van der Waals surface area contributed by atoms with Gasteiger partial charge in [0.1, 0.15) is 5.75 Å². The van der Waals surface area contributed by atoms with Crippen molar-refractivity contribution in [1.29, 1.82) is 0 Å². The summed E-state index contributed by atoms with van der Waals surface area (Å²) in [6, 6.07) is 7.71. The lowest BCUT2D eigenvalue weighted by molar-refractivity contribution is 0.339. The number of ether oxygens (including phenoxy) is 1. The summed E-state index contributed by atoms with van der Waals surface area (Å²) >= 11 is 0. The molecule has 3 aromatic heterocycles. The van der Waals surface area contributed by atoms with Gasteiger partial charge in [0, 0.05) is 18.4 Å². The van der Waals surface area contributed by atoms with Gasteiger partial charge in [-0.05, 0) is 39.8 Å². The second kappa shape index (κ2) is 7.05. The van der Waals surface area contributed by atoms with Crippen LogP contribution in [0, 0.1) is 13.8 Å². The van der Waals surface area contributed by atoms with Crippen molar-refractivity contribution in [2.24, 2.45) is 7.05 Å². The van der Waals surface area contributed by atoms with Gasteiger partial charge < -0.3 is 4.74 Å². The molecule has 8 nitrogen and oxygen atoms in total.